The molecular formula is C20H24N4O4. The summed E-state index contributed by atoms with van der Waals surface area (Å²) in [5, 5.41) is 16.0. The zero-order chi connectivity index (χ0) is 20.6. The molecule has 3 rings (SSSR count). The second-order valence-electron chi connectivity index (χ2n) is 7.49. The molecule has 28 heavy (non-hydrogen) atoms. The molecule has 8 heteroatoms. The lowest BCUT2D eigenvalue weighted by Crippen LogP contribution is -2.33. The van der Waals surface area contributed by atoms with E-state index in [0.717, 1.165) is 17.7 Å². The van der Waals surface area contributed by atoms with E-state index in [4.69, 9.17) is 4.74 Å². The van der Waals surface area contributed by atoms with Gasteiger partial charge in [0, 0.05) is 36.4 Å². The molecule has 2 heterocycles. The van der Waals surface area contributed by atoms with Crippen molar-refractivity contribution in [2.75, 3.05) is 7.11 Å². The summed E-state index contributed by atoms with van der Waals surface area (Å²) >= 11 is 0. The predicted octanol–water partition coefficient (Wildman–Crippen LogP) is 3.55. The van der Waals surface area contributed by atoms with Crippen molar-refractivity contribution in [3.8, 4) is 0 Å². The molecule has 2 aromatic rings. The average Bonchev–Trinajstić information content (AvgIpc) is 2.94. The van der Waals surface area contributed by atoms with Crippen LogP contribution in [0.2, 0.25) is 0 Å². The Balaban J connectivity index is 2.27. The van der Waals surface area contributed by atoms with Crippen LogP contribution in [0.4, 0.5) is 11.5 Å². The highest BCUT2D eigenvalue weighted by molar-refractivity contribution is 6.05. The lowest BCUT2D eigenvalue weighted by Gasteiger charge is -2.30. The van der Waals surface area contributed by atoms with Gasteiger partial charge in [-0.3, -0.25) is 19.6 Å². The first-order chi connectivity index (χ1) is 13.2. The summed E-state index contributed by atoms with van der Waals surface area (Å²) in [5.41, 5.74) is 2.97. The van der Waals surface area contributed by atoms with E-state index in [1.165, 1.54) is 19.2 Å². The van der Waals surface area contributed by atoms with Gasteiger partial charge in [0.15, 0.2) is 5.82 Å². The summed E-state index contributed by atoms with van der Waals surface area (Å²) in [6.45, 7) is 5.97. The number of benzene rings is 1. The third-order valence-electron chi connectivity index (χ3n) is 5.00. The molecule has 0 fully saturated rings. The normalized spacial score (nSPS) is 18.6. The number of fused-ring (bicyclic) bond motifs is 1. The molecule has 1 aromatic carbocycles. The number of ether oxygens (including phenoxy) is 1. The van der Waals surface area contributed by atoms with Crippen LogP contribution in [0.25, 0.3) is 0 Å². The first kappa shape index (κ1) is 19.7. The molecule has 0 spiro atoms. The minimum absolute atomic E-state index is 0.0165. The van der Waals surface area contributed by atoms with Crippen molar-refractivity contribution in [2.45, 2.75) is 33.1 Å². The molecule has 0 saturated carbocycles. The molecule has 0 aliphatic carbocycles. The second-order valence-corrected chi connectivity index (χ2v) is 7.49. The van der Waals surface area contributed by atoms with Gasteiger partial charge in [-0.2, -0.15) is 5.10 Å². The minimum atomic E-state index is -0.658. The molecule has 0 bridgehead atoms. The Morgan fingerprint density at radius 3 is 2.71 bits per heavy atom. The van der Waals surface area contributed by atoms with Gasteiger partial charge >= 0.3 is 5.97 Å². The number of carbonyl (C=O) groups excluding carboxylic acids is 1. The Hall–Kier alpha value is -3.03. The summed E-state index contributed by atoms with van der Waals surface area (Å²) in [5.74, 6) is -0.474. The zero-order valence-corrected chi connectivity index (χ0v) is 16.7. The Kier molecular flexibility index (Phi) is 5.31. The summed E-state index contributed by atoms with van der Waals surface area (Å²) in [6.07, 6.45) is 0.719. The maximum Gasteiger partial charge on any atom is 0.315 e. The molecule has 0 N–H and O–H groups in total. The van der Waals surface area contributed by atoms with E-state index < -0.39 is 22.7 Å². The van der Waals surface area contributed by atoms with Crippen molar-refractivity contribution in [2.24, 2.45) is 23.9 Å². The van der Waals surface area contributed by atoms with Crippen molar-refractivity contribution in [3.63, 3.8) is 0 Å². The van der Waals surface area contributed by atoms with E-state index in [-0.39, 0.29) is 5.69 Å². The van der Waals surface area contributed by atoms with Gasteiger partial charge in [0.2, 0.25) is 0 Å². The van der Waals surface area contributed by atoms with Gasteiger partial charge in [-0.15, -0.1) is 0 Å². The Morgan fingerprint density at radius 2 is 2.11 bits per heavy atom. The number of nitro groups is 1. The topological polar surface area (TPSA) is 99.6 Å². The number of aliphatic imine (C=N–C) groups is 1. The number of rotatable bonds is 5. The molecule has 0 saturated heterocycles. The van der Waals surface area contributed by atoms with E-state index >= 15 is 0 Å². The highest BCUT2D eigenvalue weighted by atomic mass is 16.6. The highest BCUT2D eigenvalue weighted by Gasteiger charge is 2.42. The van der Waals surface area contributed by atoms with E-state index in [1.807, 2.05) is 13.1 Å². The lowest BCUT2D eigenvalue weighted by atomic mass is 9.75. The van der Waals surface area contributed by atoms with Crippen LogP contribution in [-0.4, -0.2) is 33.5 Å². The number of esters is 1. The maximum atomic E-state index is 12.7. The maximum absolute atomic E-state index is 12.7. The summed E-state index contributed by atoms with van der Waals surface area (Å²) in [7, 11) is 3.16. The lowest BCUT2D eigenvalue weighted by molar-refractivity contribution is -0.384. The second kappa shape index (κ2) is 7.53. The standard InChI is InChI=1S/C20H24N4O4/c1-11(2)9-15-18-17(13-7-6-8-14(10-13)24(26)27)16(20(25)28-5)12(3)21-19(18)23(4)22-15/h6-8,10-11,16-17H,9H2,1-5H3. The molecule has 0 radical (unpaired) electrons. The Bertz CT molecular complexity index is 961. The van der Waals surface area contributed by atoms with Crippen molar-refractivity contribution in [1.29, 1.82) is 0 Å². The predicted molar refractivity (Wildman–Crippen MR) is 105 cm³/mol. The van der Waals surface area contributed by atoms with Crippen LogP contribution in [0, 0.1) is 22.0 Å². The SMILES string of the molecule is COC(=O)C1C(C)=Nc2c(c(CC(C)C)nn2C)C1c1cccc([N+](=O)[O-])c1. The third-order valence-corrected chi connectivity index (χ3v) is 5.00. The average molecular weight is 384 g/mol. The van der Waals surface area contributed by atoms with Gasteiger partial charge in [-0.05, 0) is 24.8 Å². The molecule has 1 aromatic heterocycles. The molecular weight excluding hydrogens is 360 g/mol. The monoisotopic (exact) mass is 384 g/mol. The van der Waals surface area contributed by atoms with E-state index in [0.29, 0.717) is 23.0 Å². The van der Waals surface area contributed by atoms with Gasteiger partial charge in [0.1, 0.15) is 5.92 Å². The van der Waals surface area contributed by atoms with Gasteiger partial charge < -0.3 is 4.74 Å². The number of non-ortho nitro benzene ring substituents is 1. The Morgan fingerprint density at radius 1 is 1.39 bits per heavy atom. The fraction of sp³-hybridized carbons (Fsp3) is 0.450. The van der Waals surface area contributed by atoms with Crippen molar-refractivity contribution >= 4 is 23.2 Å². The van der Waals surface area contributed by atoms with E-state index in [1.54, 1.807) is 17.7 Å². The van der Waals surface area contributed by atoms with Crippen LogP contribution < -0.4 is 0 Å². The Labute approximate surface area is 163 Å². The smallest absolute Gasteiger partial charge is 0.315 e. The molecule has 0 amide bonds. The molecule has 2 unspecified atom stereocenters. The highest BCUT2D eigenvalue weighted by Crippen LogP contribution is 2.45. The fourth-order valence-electron chi connectivity index (χ4n) is 3.84. The number of nitrogens with zero attached hydrogens (tertiary/aromatic N) is 4. The van der Waals surface area contributed by atoms with Crippen LogP contribution in [0.5, 0.6) is 0 Å². The van der Waals surface area contributed by atoms with Crippen LogP contribution in [-0.2, 0) is 23.0 Å². The molecule has 2 atom stereocenters. The molecule has 1 aliphatic heterocycles. The van der Waals surface area contributed by atoms with E-state index in [9.17, 15) is 14.9 Å². The first-order valence-corrected chi connectivity index (χ1v) is 9.17. The van der Waals surface area contributed by atoms with Gasteiger partial charge in [0.05, 0.1) is 17.7 Å². The number of methoxy groups -OCH3 is 1. The number of nitro benzene ring substituents is 1. The number of carbonyl (C=O) groups is 1. The summed E-state index contributed by atoms with van der Waals surface area (Å²) in [4.78, 5) is 28.2. The molecule has 8 nitrogen and oxygen atoms in total. The van der Waals surface area contributed by atoms with Crippen molar-refractivity contribution in [1.82, 2.24) is 9.78 Å². The molecule has 148 valence electrons. The number of hydrogen-bond acceptors (Lipinski definition) is 6. The molecule has 1 aliphatic rings. The number of aromatic nitrogens is 2. The van der Waals surface area contributed by atoms with E-state index in [2.05, 4.69) is 23.9 Å². The van der Waals surface area contributed by atoms with Gasteiger partial charge in [0.25, 0.3) is 5.69 Å². The van der Waals surface area contributed by atoms with Crippen molar-refractivity contribution < 1.29 is 14.5 Å². The van der Waals surface area contributed by atoms with Crippen LogP contribution >= 0.6 is 0 Å². The van der Waals surface area contributed by atoms with Crippen molar-refractivity contribution in [3.05, 3.63) is 51.2 Å². The van der Waals surface area contributed by atoms with Gasteiger partial charge in [-0.1, -0.05) is 26.0 Å². The first-order valence-electron chi connectivity index (χ1n) is 9.17. The third kappa shape index (κ3) is 3.42. The summed E-state index contributed by atoms with van der Waals surface area (Å²) < 4.78 is 6.77. The number of aryl methyl sites for hydroxylation is 1. The van der Waals surface area contributed by atoms with Crippen LogP contribution in [0.3, 0.4) is 0 Å². The fourth-order valence-corrected chi connectivity index (χ4v) is 3.84. The minimum Gasteiger partial charge on any atom is -0.468 e. The van der Waals surface area contributed by atoms with Crippen LogP contribution in [0.15, 0.2) is 29.3 Å². The summed E-state index contributed by atoms with van der Waals surface area (Å²) in [6, 6.07) is 6.41. The number of hydrogen-bond donors (Lipinski definition) is 0. The zero-order valence-electron chi connectivity index (χ0n) is 16.7. The largest absolute Gasteiger partial charge is 0.468 e. The quantitative estimate of drug-likeness (QED) is 0.446. The van der Waals surface area contributed by atoms with Crippen LogP contribution in [0.1, 0.15) is 43.5 Å². The van der Waals surface area contributed by atoms with Gasteiger partial charge in [-0.25, -0.2) is 4.99 Å².